The normalized spacial score (nSPS) is 16.7. The third kappa shape index (κ3) is 7.51. The molecule has 1 fully saturated rings. The molecule has 0 bridgehead atoms. The van der Waals surface area contributed by atoms with E-state index in [-0.39, 0.29) is 5.75 Å². The van der Waals surface area contributed by atoms with E-state index in [1.54, 1.807) is 39.8 Å². The molecule has 0 aromatic heterocycles. The van der Waals surface area contributed by atoms with Crippen molar-refractivity contribution >= 4 is 16.0 Å². The van der Waals surface area contributed by atoms with Gasteiger partial charge in [-0.1, -0.05) is 30.3 Å². The number of nitrogens with zero attached hydrogens (tertiary/aromatic N) is 2. The molecule has 1 atom stereocenters. The van der Waals surface area contributed by atoms with Crippen LogP contribution in [0.25, 0.3) is 0 Å². The maximum atomic E-state index is 14.0. The molecular weight excluding hydrogens is 459 g/mol. The van der Waals surface area contributed by atoms with Gasteiger partial charge in [0.25, 0.3) is 0 Å². The van der Waals surface area contributed by atoms with E-state index in [0.717, 1.165) is 5.56 Å². The fourth-order valence-corrected chi connectivity index (χ4v) is 5.21. The number of halogens is 1. The minimum Gasteiger partial charge on any atom is -0.479 e. The lowest BCUT2D eigenvalue weighted by Gasteiger charge is -2.34. The van der Waals surface area contributed by atoms with Gasteiger partial charge in [-0.15, -0.1) is 0 Å². The molecule has 3 rings (SSSR count). The standard InChI is InChI=1S/C25H33FN2O5S/c1-19(24(29)33-25(2,3)4)32-23-11-10-22(26)16-21(23)17-27-12-14-28(15-13-27)34(30,31)18-20-8-6-5-7-9-20/h5-11,16,19H,12-15,17-18H2,1-4H3. The Kier molecular flexibility index (Phi) is 8.33. The van der Waals surface area contributed by atoms with Crippen molar-refractivity contribution in [2.75, 3.05) is 26.2 Å². The van der Waals surface area contributed by atoms with Gasteiger partial charge in [-0.25, -0.2) is 17.6 Å². The van der Waals surface area contributed by atoms with Crippen molar-refractivity contribution in [3.05, 3.63) is 65.5 Å². The van der Waals surface area contributed by atoms with Crippen LogP contribution in [-0.2, 0) is 31.9 Å². The van der Waals surface area contributed by atoms with Gasteiger partial charge in [0.1, 0.15) is 17.2 Å². The number of esters is 1. The lowest BCUT2D eigenvalue weighted by Crippen LogP contribution is -2.48. The van der Waals surface area contributed by atoms with Crippen molar-refractivity contribution in [3.63, 3.8) is 0 Å². The third-order valence-corrected chi connectivity index (χ3v) is 7.23. The summed E-state index contributed by atoms with van der Waals surface area (Å²) in [6, 6.07) is 13.3. The maximum Gasteiger partial charge on any atom is 0.347 e. The average Bonchev–Trinajstić information content (AvgIpc) is 2.75. The molecule has 1 aliphatic rings. The van der Waals surface area contributed by atoms with Crippen molar-refractivity contribution in [3.8, 4) is 5.75 Å². The Balaban J connectivity index is 1.61. The molecule has 0 spiro atoms. The molecule has 0 aliphatic carbocycles. The number of rotatable bonds is 8. The Bertz CT molecular complexity index is 1080. The van der Waals surface area contributed by atoms with Gasteiger partial charge >= 0.3 is 5.97 Å². The van der Waals surface area contributed by atoms with Crippen LogP contribution in [0.2, 0.25) is 0 Å². The smallest absolute Gasteiger partial charge is 0.347 e. The molecular formula is C25H33FN2O5S. The second-order valence-electron chi connectivity index (χ2n) is 9.46. The van der Waals surface area contributed by atoms with E-state index in [1.807, 2.05) is 23.1 Å². The van der Waals surface area contributed by atoms with E-state index in [4.69, 9.17) is 9.47 Å². The molecule has 186 valence electrons. The summed E-state index contributed by atoms with van der Waals surface area (Å²) in [6.45, 7) is 9.03. The molecule has 0 amide bonds. The number of hydrogen-bond acceptors (Lipinski definition) is 6. The minimum absolute atomic E-state index is 0.0295. The van der Waals surface area contributed by atoms with Gasteiger partial charge in [-0.05, 0) is 51.5 Å². The Morgan fingerprint density at radius 1 is 1.06 bits per heavy atom. The summed E-state index contributed by atoms with van der Waals surface area (Å²) in [6.07, 6.45) is -0.858. The van der Waals surface area contributed by atoms with E-state index < -0.39 is 33.5 Å². The number of carbonyl (C=O) groups excluding carboxylic acids is 1. The maximum absolute atomic E-state index is 14.0. The first kappa shape index (κ1) is 26.1. The van der Waals surface area contributed by atoms with Crippen LogP contribution in [0.1, 0.15) is 38.8 Å². The molecule has 34 heavy (non-hydrogen) atoms. The van der Waals surface area contributed by atoms with E-state index in [0.29, 0.717) is 44.0 Å². The van der Waals surface area contributed by atoms with Crippen molar-refractivity contribution in [2.24, 2.45) is 0 Å². The highest BCUT2D eigenvalue weighted by molar-refractivity contribution is 7.88. The molecule has 7 nitrogen and oxygen atoms in total. The van der Waals surface area contributed by atoms with Crippen molar-refractivity contribution in [1.29, 1.82) is 0 Å². The molecule has 9 heteroatoms. The Labute approximate surface area is 201 Å². The van der Waals surface area contributed by atoms with Crippen molar-refractivity contribution < 1.29 is 27.1 Å². The molecule has 1 aliphatic heterocycles. The number of carbonyl (C=O) groups is 1. The topological polar surface area (TPSA) is 76.2 Å². The van der Waals surface area contributed by atoms with Crippen LogP contribution in [0.5, 0.6) is 5.75 Å². The second kappa shape index (κ2) is 10.8. The number of ether oxygens (including phenoxy) is 2. The summed E-state index contributed by atoms with van der Waals surface area (Å²) < 4.78 is 52.3. The predicted molar refractivity (Wildman–Crippen MR) is 128 cm³/mol. The van der Waals surface area contributed by atoms with E-state index in [9.17, 15) is 17.6 Å². The van der Waals surface area contributed by atoms with Crippen molar-refractivity contribution in [1.82, 2.24) is 9.21 Å². The summed E-state index contributed by atoms with van der Waals surface area (Å²) in [4.78, 5) is 14.3. The Morgan fingerprint density at radius 2 is 1.71 bits per heavy atom. The number of piperazine rings is 1. The van der Waals surface area contributed by atoms with Gasteiger partial charge in [-0.2, -0.15) is 4.31 Å². The van der Waals surface area contributed by atoms with Crippen LogP contribution in [0.15, 0.2) is 48.5 Å². The fourth-order valence-electron chi connectivity index (χ4n) is 3.69. The second-order valence-corrected chi connectivity index (χ2v) is 11.4. The summed E-state index contributed by atoms with van der Waals surface area (Å²) in [5.41, 5.74) is 0.711. The zero-order valence-electron chi connectivity index (χ0n) is 20.2. The third-order valence-electron chi connectivity index (χ3n) is 5.38. The highest BCUT2D eigenvalue weighted by Gasteiger charge is 2.28. The first-order valence-electron chi connectivity index (χ1n) is 11.3. The summed E-state index contributed by atoms with van der Waals surface area (Å²) in [5, 5.41) is 0. The number of hydrogen-bond donors (Lipinski definition) is 0. The minimum atomic E-state index is -3.42. The highest BCUT2D eigenvalue weighted by atomic mass is 32.2. The van der Waals surface area contributed by atoms with Gasteiger partial charge in [-0.3, -0.25) is 4.90 Å². The highest BCUT2D eigenvalue weighted by Crippen LogP contribution is 2.25. The van der Waals surface area contributed by atoms with Crippen LogP contribution in [0.4, 0.5) is 4.39 Å². The van der Waals surface area contributed by atoms with Crippen LogP contribution in [-0.4, -0.2) is 61.5 Å². The molecule has 0 saturated carbocycles. The van der Waals surface area contributed by atoms with E-state index in [1.165, 1.54) is 22.5 Å². The average molecular weight is 493 g/mol. The Morgan fingerprint density at radius 3 is 2.32 bits per heavy atom. The zero-order chi connectivity index (χ0) is 24.9. The molecule has 2 aromatic rings. The van der Waals surface area contributed by atoms with Crippen LogP contribution >= 0.6 is 0 Å². The van der Waals surface area contributed by atoms with Crippen LogP contribution in [0, 0.1) is 5.82 Å². The lowest BCUT2D eigenvalue weighted by atomic mass is 10.1. The number of sulfonamides is 1. The largest absolute Gasteiger partial charge is 0.479 e. The predicted octanol–water partition coefficient (Wildman–Crippen LogP) is 3.58. The molecule has 2 aromatic carbocycles. The molecule has 1 heterocycles. The number of benzene rings is 2. The monoisotopic (exact) mass is 492 g/mol. The summed E-state index contributed by atoms with van der Waals surface area (Å²) in [5.74, 6) is -0.534. The van der Waals surface area contributed by atoms with E-state index in [2.05, 4.69) is 0 Å². The quantitative estimate of drug-likeness (QED) is 0.525. The van der Waals surface area contributed by atoms with Gasteiger partial charge in [0, 0.05) is 38.3 Å². The van der Waals surface area contributed by atoms with Gasteiger partial charge in [0.2, 0.25) is 10.0 Å². The molecule has 1 saturated heterocycles. The van der Waals surface area contributed by atoms with Crippen molar-refractivity contribution in [2.45, 2.75) is 51.7 Å². The zero-order valence-corrected chi connectivity index (χ0v) is 21.0. The SMILES string of the molecule is CC(Oc1ccc(F)cc1CN1CCN(S(=O)(=O)Cc2ccccc2)CC1)C(=O)OC(C)(C)C. The van der Waals surface area contributed by atoms with E-state index >= 15 is 0 Å². The molecule has 0 N–H and O–H groups in total. The summed E-state index contributed by atoms with van der Waals surface area (Å²) in [7, 11) is -3.42. The molecule has 0 radical (unpaired) electrons. The van der Waals surface area contributed by atoms with Gasteiger partial charge in [0.05, 0.1) is 5.75 Å². The first-order chi connectivity index (χ1) is 15.9. The van der Waals surface area contributed by atoms with Crippen LogP contribution < -0.4 is 4.74 Å². The lowest BCUT2D eigenvalue weighted by molar-refractivity contribution is -0.162. The first-order valence-corrected chi connectivity index (χ1v) is 13.0. The summed E-state index contributed by atoms with van der Waals surface area (Å²) >= 11 is 0. The van der Waals surface area contributed by atoms with Crippen LogP contribution in [0.3, 0.4) is 0 Å². The molecule has 1 unspecified atom stereocenters. The van der Waals surface area contributed by atoms with Gasteiger partial charge in [0.15, 0.2) is 6.10 Å². The van der Waals surface area contributed by atoms with Gasteiger partial charge < -0.3 is 9.47 Å². The fraction of sp³-hybridized carbons (Fsp3) is 0.480. The Hall–Kier alpha value is -2.49.